The molecule has 150 valence electrons. The molecule has 0 unspecified atom stereocenters. The number of carboxylic acid groups (broad SMARTS) is 1. The zero-order valence-corrected chi connectivity index (χ0v) is 15.9. The van der Waals surface area contributed by atoms with Crippen molar-refractivity contribution < 1.29 is 32.4 Å². The van der Waals surface area contributed by atoms with Crippen molar-refractivity contribution in [3.8, 4) is 0 Å². The van der Waals surface area contributed by atoms with E-state index < -0.39 is 22.2 Å². The summed E-state index contributed by atoms with van der Waals surface area (Å²) in [7, 11) is -4.17. The highest BCUT2D eigenvalue weighted by Gasteiger charge is 2.05. The molecular formula is C16H33NO7S. The van der Waals surface area contributed by atoms with E-state index in [-0.39, 0.29) is 12.8 Å². The number of unbranched alkanes of at least 4 members (excludes halogenated alkanes) is 9. The van der Waals surface area contributed by atoms with Crippen LogP contribution in [0.25, 0.3) is 0 Å². The summed E-state index contributed by atoms with van der Waals surface area (Å²) in [6.45, 7) is 2.66. The van der Waals surface area contributed by atoms with Gasteiger partial charge in [-0.3, -0.25) is 14.1 Å². The Bertz CT molecular complexity index is 430. The lowest BCUT2D eigenvalue weighted by atomic mass is 10.1. The fraction of sp³-hybridized carbons (Fsp3) is 0.875. The molecule has 0 aliphatic rings. The molecule has 0 rings (SSSR count). The highest BCUT2D eigenvalue weighted by atomic mass is 32.2. The third-order valence-electron chi connectivity index (χ3n) is 3.30. The first-order valence-corrected chi connectivity index (χ1v) is 10.3. The average Bonchev–Trinajstić information content (AvgIpc) is 2.49. The Morgan fingerprint density at radius 2 is 1.28 bits per heavy atom. The van der Waals surface area contributed by atoms with E-state index in [2.05, 4.69) is 12.1 Å². The summed E-state index contributed by atoms with van der Waals surface area (Å²) >= 11 is 0. The number of carboxylic acids is 1. The van der Waals surface area contributed by atoms with Crippen molar-refractivity contribution in [2.24, 2.45) is 5.14 Å². The van der Waals surface area contributed by atoms with Gasteiger partial charge in [0.2, 0.25) is 0 Å². The summed E-state index contributed by atoms with van der Waals surface area (Å²) in [5, 5.41) is 12.3. The molecule has 0 fully saturated rings. The van der Waals surface area contributed by atoms with Gasteiger partial charge in [-0.15, -0.1) is 0 Å². The van der Waals surface area contributed by atoms with Gasteiger partial charge in [-0.25, -0.2) is 5.14 Å². The highest BCUT2D eigenvalue weighted by Crippen LogP contribution is 2.10. The lowest BCUT2D eigenvalue weighted by Gasteiger charge is -2.04. The number of aliphatic carboxylic acids is 1. The molecule has 8 nitrogen and oxygen atoms in total. The van der Waals surface area contributed by atoms with Crippen LogP contribution in [-0.2, 0) is 24.6 Å². The van der Waals surface area contributed by atoms with E-state index in [1.54, 1.807) is 0 Å². The molecule has 0 saturated heterocycles. The molecule has 0 spiro atoms. The molecule has 0 heterocycles. The summed E-state index contributed by atoms with van der Waals surface area (Å²) < 4.78 is 30.2. The fourth-order valence-corrected chi connectivity index (χ4v) is 2.06. The van der Waals surface area contributed by atoms with Crippen LogP contribution in [0, 0.1) is 0 Å². The Labute approximate surface area is 151 Å². The molecule has 0 saturated carbocycles. The van der Waals surface area contributed by atoms with E-state index in [0.29, 0.717) is 6.61 Å². The predicted molar refractivity (Wildman–Crippen MR) is 95.4 cm³/mol. The van der Waals surface area contributed by atoms with Gasteiger partial charge in [0.05, 0.1) is 19.4 Å². The number of carbonyl (C=O) groups is 2. The van der Waals surface area contributed by atoms with E-state index in [9.17, 15) is 9.59 Å². The Morgan fingerprint density at radius 1 is 0.880 bits per heavy atom. The minimum Gasteiger partial charge on any atom is -0.481 e. The number of hydrogen-bond donors (Lipinski definition) is 3. The number of carbonyl (C=O) groups excluding carboxylic acids is 1. The topological polar surface area (TPSA) is 144 Å². The minimum absolute atomic E-state index is 0.0207. The molecule has 0 amide bonds. The van der Waals surface area contributed by atoms with Crippen LogP contribution in [0.2, 0.25) is 0 Å². The van der Waals surface area contributed by atoms with Crippen LogP contribution in [0.5, 0.6) is 0 Å². The quantitative estimate of drug-likeness (QED) is 0.237. The summed E-state index contributed by atoms with van der Waals surface area (Å²) in [6, 6.07) is 0. The average molecular weight is 384 g/mol. The normalized spacial score (nSPS) is 10.7. The summed E-state index contributed by atoms with van der Waals surface area (Å²) in [6.07, 6.45) is 12.3. The Kier molecular flexibility index (Phi) is 18.4. The first-order valence-electron chi connectivity index (χ1n) is 8.79. The lowest BCUT2D eigenvalue weighted by molar-refractivity contribution is -0.147. The van der Waals surface area contributed by atoms with E-state index in [1.165, 1.54) is 51.4 Å². The molecule has 0 aliphatic heterocycles. The largest absolute Gasteiger partial charge is 0.481 e. The van der Waals surface area contributed by atoms with Crippen molar-refractivity contribution in [2.75, 3.05) is 6.61 Å². The van der Waals surface area contributed by atoms with Crippen LogP contribution in [-0.4, -0.2) is 36.6 Å². The van der Waals surface area contributed by atoms with Crippen LogP contribution in [0.4, 0.5) is 0 Å². The summed E-state index contributed by atoms with van der Waals surface area (Å²) in [5.41, 5.74) is 0. The van der Waals surface area contributed by atoms with E-state index in [1.807, 2.05) is 0 Å². The minimum atomic E-state index is -4.17. The number of hydrogen-bond acceptors (Lipinski definition) is 5. The molecule has 0 aromatic heterocycles. The Balaban J connectivity index is 0. The van der Waals surface area contributed by atoms with Crippen molar-refractivity contribution in [3.63, 3.8) is 0 Å². The number of esters is 1. The molecule has 9 heteroatoms. The summed E-state index contributed by atoms with van der Waals surface area (Å²) in [4.78, 5) is 21.4. The third-order valence-corrected chi connectivity index (χ3v) is 3.30. The maximum absolute atomic E-state index is 11.1. The molecule has 4 N–H and O–H groups in total. The molecule has 0 atom stereocenters. The first-order chi connectivity index (χ1) is 11.7. The first kappa shape index (κ1) is 26.0. The summed E-state index contributed by atoms with van der Waals surface area (Å²) in [5.74, 6) is -1.36. The molecular weight excluding hydrogens is 350 g/mol. The van der Waals surface area contributed by atoms with Crippen LogP contribution in [0.3, 0.4) is 0 Å². The van der Waals surface area contributed by atoms with Gasteiger partial charge in [-0.05, 0) is 6.42 Å². The fourth-order valence-electron chi connectivity index (χ4n) is 2.06. The van der Waals surface area contributed by atoms with Gasteiger partial charge >= 0.3 is 22.2 Å². The van der Waals surface area contributed by atoms with Crippen LogP contribution in [0.15, 0.2) is 0 Å². The van der Waals surface area contributed by atoms with E-state index in [4.69, 9.17) is 22.8 Å². The Hall–Kier alpha value is -1.19. The molecule has 0 bridgehead atoms. The standard InChI is InChI=1S/C16H30O4.H3NO3S/c1-2-3-4-5-6-7-8-9-10-11-14-20-16(19)13-12-15(17)18;1-5(2,3)4/h2-14H2,1H3,(H,17,18);(H3,1,2,3,4). The highest BCUT2D eigenvalue weighted by molar-refractivity contribution is 7.83. The number of ether oxygens (including phenoxy) is 1. The molecule has 25 heavy (non-hydrogen) atoms. The van der Waals surface area contributed by atoms with E-state index in [0.717, 1.165) is 12.8 Å². The van der Waals surface area contributed by atoms with Gasteiger partial charge < -0.3 is 9.84 Å². The van der Waals surface area contributed by atoms with Crippen molar-refractivity contribution in [1.82, 2.24) is 0 Å². The van der Waals surface area contributed by atoms with Gasteiger partial charge in [0.1, 0.15) is 0 Å². The number of nitrogens with two attached hydrogens (primary N) is 1. The second-order valence-electron chi connectivity index (χ2n) is 5.81. The molecule has 0 aromatic carbocycles. The van der Waals surface area contributed by atoms with Crippen LogP contribution < -0.4 is 5.14 Å². The van der Waals surface area contributed by atoms with Crippen molar-refractivity contribution in [1.29, 1.82) is 0 Å². The maximum atomic E-state index is 11.1. The predicted octanol–water partition coefficient (Wildman–Crippen LogP) is 3.06. The second kappa shape index (κ2) is 17.6. The van der Waals surface area contributed by atoms with Gasteiger partial charge in [0.25, 0.3) is 0 Å². The van der Waals surface area contributed by atoms with Gasteiger partial charge in [0, 0.05) is 0 Å². The lowest BCUT2D eigenvalue weighted by Crippen LogP contribution is -2.08. The zero-order chi connectivity index (χ0) is 19.6. The maximum Gasteiger partial charge on any atom is 0.330 e. The third kappa shape index (κ3) is 35.0. The smallest absolute Gasteiger partial charge is 0.330 e. The van der Waals surface area contributed by atoms with Gasteiger partial charge in [-0.2, -0.15) is 8.42 Å². The van der Waals surface area contributed by atoms with Crippen LogP contribution in [0.1, 0.15) is 84.0 Å². The Morgan fingerprint density at radius 3 is 1.68 bits per heavy atom. The molecule has 0 aliphatic carbocycles. The molecule has 0 aromatic rings. The second-order valence-corrected chi connectivity index (χ2v) is 6.84. The SMILES string of the molecule is CCCCCCCCCCCCOC(=O)CCC(=O)O.NS(=O)(=O)O. The van der Waals surface area contributed by atoms with Crippen molar-refractivity contribution >= 4 is 22.2 Å². The van der Waals surface area contributed by atoms with Crippen molar-refractivity contribution in [2.45, 2.75) is 84.0 Å². The monoisotopic (exact) mass is 383 g/mol. The number of rotatable bonds is 14. The molecule has 0 radical (unpaired) electrons. The van der Waals surface area contributed by atoms with Crippen molar-refractivity contribution in [3.05, 3.63) is 0 Å². The van der Waals surface area contributed by atoms with Gasteiger partial charge in [0.15, 0.2) is 0 Å². The van der Waals surface area contributed by atoms with Crippen LogP contribution >= 0.6 is 0 Å². The van der Waals surface area contributed by atoms with E-state index >= 15 is 0 Å². The zero-order valence-electron chi connectivity index (χ0n) is 15.1. The van der Waals surface area contributed by atoms with Gasteiger partial charge in [-0.1, -0.05) is 64.7 Å².